The summed E-state index contributed by atoms with van der Waals surface area (Å²) in [5.74, 6) is 0. The number of rotatable bonds is 0. The van der Waals surface area contributed by atoms with Crippen LogP contribution in [0.4, 0.5) is 0 Å². The first-order valence-electron chi connectivity index (χ1n) is 3.47. The van der Waals surface area contributed by atoms with E-state index in [1.807, 2.05) is 0 Å². The minimum Gasteiger partial charge on any atom is -0.421 e. The summed E-state index contributed by atoms with van der Waals surface area (Å²) in [6.45, 7) is 0. The Balaban J connectivity index is 3.16. The van der Waals surface area contributed by atoms with Crippen LogP contribution < -0.4 is 11.2 Å². The first-order chi connectivity index (χ1) is 6.11. The fourth-order valence-electron chi connectivity index (χ4n) is 1.14. The number of aryl methyl sites for hydroxylation is 1. The number of hydrogen-bond acceptors (Lipinski definition) is 4. The van der Waals surface area contributed by atoms with Crippen molar-refractivity contribution in [3.05, 3.63) is 27.0 Å². The molecule has 13 heavy (non-hydrogen) atoms. The van der Waals surface area contributed by atoms with Crippen LogP contribution in [0.3, 0.4) is 0 Å². The average Bonchev–Trinajstić information content (AvgIpc) is 2.43. The first kappa shape index (κ1) is 7.59. The Morgan fingerprint density at radius 3 is 2.92 bits per heavy atom. The molecular formula is C6H6N4O3. The van der Waals surface area contributed by atoms with Crippen molar-refractivity contribution in [2.24, 2.45) is 7.05 Å². The number of aromatic amines is 1. The van der Waals surface area contributed by atoms with Crippen LogP contribution in [-0.4, -0.2) is 24.7 Å². The summed E-state index contributed by atoms with van der Waals surface area (Å²) in [4.78, 5) is 24.4. The summed E-state index contributed by atoms with van der Waals surface area (Å²) in [6, 6.07) is 0. The zero-order chi connectivity index (χ0) is 9.59. The molecule has 0 spiro atoms. The van der Waals surface area contributed by atoms with Crippen LogP contribution in [0, 0.1) is 0 Å². The van der Waals surface area contributed by atoms with Crippen molar-refractivity contribution in [2.45, 2.75) is 0 Å². The normalized spacial score (nSPS) is 10.8. The summed E-state index contributed by atoms with van der Waals surface area (Å²) in [5.41, 5.74) is -1.19. The average molecular weight is 182 g/mol. The molecule has 0 atom stereocenters. The third kappa shape index (κ3) is 0.866. The second kappa shape index (κ2) is 2.22. The highest BCUT2D eigenvalue weighted by atomic mass is 16.5. The molecule has 0 aliphatic rings. The molecule has 0 aliphatic heterocycles. The lowest BCUT2D eigenvalue weighted by Gasteiger charge is -1.95. The lowest BCUT2D eigenvalue weighted by atomic mass is 10.5. The molecule has 2 rings (SSSR count). The standard InChI is InChI=1S/C6H6N4O3/c1-9-4-3(2-7-9)8-6(12)10(13)5(4)11/h2,13H,1H3,(H,8,12). The van der Waals surface area contributed by atoms with Crippen molar-refractivity contribution in [3.8, 4) is 0 Å². The van der Waals surface area contributed by atoms with Gasteiger partial charge in [0.05, 0.1) is 11.7 Å². The minimum atomic E-state index is -0.870. The SMILES string of the molecule is Cn1ncc2[nH]c(=O)n(O)c(=O)c21. The number of nitrogens with zero attached hydrogens (tertiary/aromatic N) is 3. The van der Waals surface area contributed by atoms with Gasteiger partial charge < -0.3 is 10.2 Å². The third-order valence-corrected chi connectivity index (χ3v) is 1.77. The van der Waals surface area contributed by atoms with Gasteiger partial charge in [-0.05, 0) is 0 Å². The minimum absolute atomic E-state index is 0.0179. The number of fused-ring (bicyclic) bond motifs is 1. The molecule has 0 amide bonds. The van der Waals surface area contributed by atoms with E-state index in [2.05, 4.69) is 10.1 Å². The topological polar surface area (TPSA) is 92.9 Å². The largest absolute Gasteiger partial charge is 0.421 e. The van der Waals surface area contributed by atoms with Gasteiger partial charge in [-0.15, -0.1) is 0 Å². The molecule has 0 aromatic carbocycles. The highest BCUT2D eigenvalue weighted by Crippen LogP contribution is 1.99. The molecular weight excluding hydrogens is 176 g/mol. The molecule has 7 heteroatoms. The smallest absolute Gasteiger partial charge is 0.362 e. The molecule has 7 nitrogen and oxygen atoms in total. The van der Waals surface area contributed by atoms with Crippen molar-refractivity contribution in [3.63, 3.8) is 0 Å². The highest BCUT2D eigenvalue weighted by Gasteiger charge is 2.09. The second-order valence-electron chi connectivity index (χ2n) is 2.58. The van der Waals surface area contributed by atoms with E-state index in [4.69, 9.17) is 5.21 Å². The van der Waals surface area contributed by atoms with E-state index in [-0.39, 0.29) is 10.2 Å². The molecule has 2 aromatic rings. The van der Waals surface area contributed by atoms with Crippen LogP contribution in [0.5, 0.6) is 0 Å². The van der Waals surface area contributed by atoms with Gasteiger partial charge in [0, 0.05) is 7.05 Å². The van der Waals surface area contributed by atoms with Gasteiger partial charge in [0.15, 0.2) is 5.52 Å². The molecule has 0 saturated heterocycles. The molecule has 68 valence electrons. The van der Waals surface area contributed by atoms with Gasteiger partial charge in [0.2, 0.25) is 0 Å². The van der Waals surface area contributed by atoms with Crippen LogP contribution in [0.2, 0.25) is 0 Å². The Morgan fingerprint density at radius 2 is 2.23 bits per heavy atom. The van der Waals surface area contributed by atoms with Crippen LogP contribution in [0.25, 0.3) is 11.0 Å². The summed E-state index contributed by atoms with van der Waals surface area (Å²) >= 11 is 0. The Morgan fingerprint density at radius 1 is 1.54 bits per heavy atom. The third-order valence-electron chi connectivity index (χ3n) is 1.77. The Hall–Kier alpha value is -2.05. The van der Waals surface area contributed by atoms with Gasteiger partial charge in [0.25, 0.3) is 0 Å². The number of H-pyrrole nitrogens is 1. The highest BCUT2D eigenvalue weighted by molar-refractivity contribution is 5.72. The molecule has 0 aliphatic carbocycles. The van der Waals surface area contributed by atoms with Crippen LogP contribution in [-0.2, 0) is 7.05 Å². The van der Waals surface area contributed by atoms with Crippen molar-refractivity contribution in [1.29, 1.82) is 0 Å². The van der Waals surface area contributed by atoms with Crippen LogP contribution >= 0.6 is 0 Å². The Bertz CT molecular complexity index is 576. The zero-order valence-corrected chi connectivity index (χ0v) is 6.68. The van der Waals surface area contributed by atoms with E-state index in [1.54, 1.807) is 7.05 Å². The monoisotopic (exact) mass is 182 g/mol. The Kier molecular flexibility index (Phi) is 1.30. The lowest BCUT2D eigenvalue weighted by molar-refractivity contribution is 0.162. The maximum Gasteiger partial charge on any atom is 0.362 e. The summed E-state index contributed by atoms with van der Waals surface area (Å²) in [5, 5.41) is 12.7. The van der Waals surface area contributed by atoms with Gasteiger partial charge in [0.1, 0.15) is 0 Å². The fraction of sp³-hybridized carbons (Fsp3) is 0.167. The van der Waals surface area contributed by atoms with Gasteiger partial charge in [-0.25, -0.2) is 4.79 Å². The van der Waals surface area contributed by atoms with E-state index in [9.17, 15) is 9.59 Å². The fourth-order valence-corrected chi connectivity index (χ4v) is 1.14. The van der Waals surface area contributed by atoms with Gasteiger partial charge >= 0.3 is 11.2 Å². The molecule has 0 fully saturated rings. The molecule has 0 unspecified atom stereocenters. The van der Waals surface area contributed by atoms with Gasteiger partial charge in [-0.1, -0.05) is 4.73 Å². The predicted octanol–water partition coefficient (Wildman–Crippen LogP) is -1.34. The summed E-state index contributed by atoms with van der Waals surface area (Å²) in [6.07, 6.45) is 1.35. The number of nitrogens with one attached hydrogen (secondary N) is 1. The first-order valence-corrected chi connectivity index (χ1v) is 3.47. The molecule has 2 aromatic heterocycles. The zero-order valence-electron chi connectivity index (χ0n) is 6.68. The summed E-state index contributed by atoms with van der Waals surface area (Å²) < 4.78 is 1.30. The van der Waals surface area contributed by atoms with Crippen molar-refractivity contribution in [1.82, 2.24) is 19.5 Å². The molecule has 0 bridgehead atoms. The lowest BCUT2D eigenvalue weighted by Crippen LogP contribution is -2.33. The molecule has 0 saturated carbocycles. The summed E-state index contributed by atoms with van der Waals surface area (Å²) in [7, 11) is 1.54. The van der Waals surface area contributed by atoms with Crippen LogP contribution in [0.1, 0.15) is 0 Å². The quantitative estimate of drug-likeness (QED) is 0.493. The van der Waals surface area contributed by atoms with Gasteiger partial charge in [-0.3, -0.25) is 9.48 Å². The van der Waals surface area contributed by atoms with E-state index in [1.165, 1.54) is 10.9 Å². The van der Waals surface area contributed by atoms with E-state index >= 15 is 0 Å². The van der Waals surface area contributed by atoms with Gasteiger partial charge in [-0.2, -0.15) is 5.10 Å². The van der Waals surface area contributed by atoms with Crippen molar-refractivity contribution >= 4 is 11.0 Å². The molecule has 2 heterocycles. The van der Waals surface area contributed by atoms with Crippen LogP contribution in [0.15, 0.2) is 15.8 Å². The van der Waals surface area contributed by atoms with E-state index in [0.29, 0.717) is 5.52 Å². The molecule has 0 radical (unpaired) electrons. The second-order valence-corrected chi connectivity index (χ2v) is 2.58. The van der Waals surface area contributed by atoms with Crippen molar-refractivity contribution in [2.75, 3.05) is 0 Å². The number of aromatic nitrogens is 4. The predicted molar refractivity (Wildman–Crippen MR) is 42.8 cm³/mol. The number of hydrogen-bond donors (Lipinski definition) is 2. The van der Waals surface area contributed by atoms with E-state index in [0.717, 1.165) is 0 Å². The maximum atomic E-state index is 11.3. The van der Waals surface area contributed by atoms with Crippen molar-refractivity contribution < 1.29 is 5.21 Å². The molecule has 2 N–H and O–H groups in total. The Labute approximate surface area is 70.8 Å². The maximum absolute atomic E-state index is 11.3. The van der Waals surface area contributed by atoms with E-state index < -0.39 is 11.2 Å².